The van der Waals surface area contributed by atoms with E-state index < -0.39 is 0 Å². The van der Waals surface area contributed by atoms with E-state index in [1.807, 2.05) is 0 Å². The first-order chi connectivity index (χ1) is 23.7. The number of benzene rings is 3. The van der Waals surface area contributed by atoms with Crippen molar-refractivity contribution in [2.45, 2.75) is 77.6 Å². The van der Waals surface area contributed by atoms with Gasteiger partial charge in [0, 0.05) is 43.3 Å². The third-order valence-corrected chi connectivity index (χ3v) is 12.9. The van der Waals surface area contributed by atoms with Crippen molar-refractivity contribution in [1.82, 2.24) is 14.0 Å². The van der Waals surface area contributed by atoms with E-state index in [-0.39, 0.29) is 10.8 Å². The average Bonchev–Trinajstić information content (AvgIpc) is 3.80. The largest absolute Gasteiger partial charge is 0.308 e. The van der Waals surface area contributed by atoms with Gasteiger partial charge in [0.1, 0.15) is 0 Å². The molecule has 7 aromatic rings. The summed E-state index contributed by atoms with van der Waals surface area (Å²) in [5, 5.41) is 6.87. The highest BCUT2D eigenvalue weighted by Crippen LogP contribution is 2.61. The van der Waals surface area contributed by atoms with Crippen molar-refractivity contribution in [2.75, 3.05) is 0 Å². The van der Waals surface area contributed by atoms with Crippen molar-refractivity contribution in [1.29, 1.82) is 0 Å². The van der Waals surface area contributed by atoms with Crippen LogP contribution in [0.15, 0.2) is 78.7 Å². The van der Waals surface area contributed by atoms with E-state index in [1.54, 1.807) is 0 Å². The van der Waals surface area contributed by atoms with Crippen LogP contribution in [0.4, 0.5) is 0 Å². The molecule has 2 aliphatic heterocycles. The zero-order valence-corrected chi connectivity index (χ0v) is 29.2. The van der Waals surface area contributed by atoms with Crippen LogP contribution >= 0.6 is 0 Å². The molecule has 0 spiro atoms. The van der Waals surface area contributed by atoms with Crippen LogP contribution < -0.4 is 0 Å². The van der Waals surface area contributed by atoms with Gasteiger partial charge in [0.15, 0.2) is 0 Å². The molecule has 0 saturated carbocycles. The fraction of sp³-hybridized carbons (Fsp3) is 0.261. The number of hydrogen-bond acceptors (Lipinski definition) is 1. The lowest BCUT2D eigenvalue weighted by atomic mass is 9.66. The minimum atomic E-state index is -0.262. The monoisotopic (exact) mass is 633 g/mol. The summed E-state index contributed by atoms with van der Waals surface area (Å²) in [7, 11) is 0. The molecule has 3 aromatic carbocycles. The topological polar surface area (TPSA) is 22.2 Å². The van der Waals surface area contributed by atoms with Gasteiger partial charge in [-0.25, -0.2) is 0 Å². The molecule has 4 aliphatic rings. The van der Waals surface area contributed by atoms with E-state index in [4.69, 9.17) is 4.98 Å². The Labute approximate surface area is 286 Å². The quantitative estimate of drug-likeness (QED) is 0.178. The maximum atomic E-state index is 5.25. The van der Waals surface area contributed by atoms with Crippen LogP contribution in [0.25, 0.3) is 72.4 Å². The van der Waals surface area contributed by atoms with Crippen molar-refractivity contribution < 1.29 is 0 Å². The summed E-state index contributed by atoms with van der Waals surface area (Å²) in [6.45, 7) is 19.0. The SMILES string of the molecule is C=Cc1c(C2=C(C)C=C=C2)c2c3c4c(c5c6c7c(ncc6n1c25)C=CCCC7CC)C(C)(C)c1cccc2c5cccc(c5n-4c12)C3(C)C. The van der Waals surface area contributed by atoms with Gasteiger partial charge in [-0.1, -0.05) is 83.7 Å². The van der Waals surface area contributed by atoms with Crippen LogP contribution in [0.5, 0.6) is 0 Å². The molecule has 238 valence electrons. The lowest BCUT2D eigenvalue weighted by Crippen LogP contribution is -2.34. The molecule has 11 rings (SSSR count). The first-order valence-electron chi connectivity index (χ1n) is 18.0. The molecule has 0 radical (unpaired) electrons. The Bertz CT molecular complexity index is 2840. The summed E-state index contributed by atoms with van der Waals surface area (Å²) in [6, 6.07) is 14.0. The zero-order valence-electron chi connectivity index (χ0n) is 29.2. The van der Waals surface area contributed by atoms with Gasteiger partial charge in [-0.05, 0) is 95.4 Å². The summed E-state index contributed by atoms with van der Waals surface area (Å²) >= 11 is 0. The molecule has 3 nitrogen and oxygen atoms in total. The smallest absolute Gasteiger partial charge is 0.0728 e. The maximum Gasteiger partial charge on any atom is 0.0728 e. The zero-order chi connectivity index (χ0) is 33.3. The van der Waals surface area contributed by atoms with Crippen molar-refractivity contribution >= 4 is 66.7 Å². The number of allylic oxidation sites excluding steroid dienone is 4. The van der Waals surface area contributed by atoms with Crippen molar-refractivity contribution in [2.24, 2.45) is 0 Å². The van der Waals surface area contributed by atoms with Gasteiger partial charge in [-0.15, -0.1) is 5.73 Å². The summed E-state index contributed by atoms with van der Waals surface area (Å²) in [5.74, 6) is 0.440. The van der Waals surface area contributed by atoms with E-state index in [1.165, 1.54) is 99.2 Å². The van der Waals surface area contributed by atoms with Crippen LogP contribution in [-0.2, 0) is 10.8 Å². The van der Waals surface area contributed by atoms with E-state index >= 15 is 0 Å². The second-order valence-corrected chi connectivity index (χ2v) is 15.9. The van der Waals surface area contributed by atoms with Crippen LogP contribution in [0.3, 0.4) is 0 Å². The minimum Gasteiger partial charge on any atom is -0.308 e. The Morgan fingerprint density at radius 3 is 2.24 bits per heavy atom. The normalized spacial score (nSPS) is 19.5. The molecule has 0 N–H and O–H groups in total. The van der Waals surface area contributed by atoms with E-state index in [9.17, 15) is 0 Å². The molecule has 2 aliphatic carbocycles. The fourth-order valence-corrected chi connectivity index (χ4v) is 10.8. The summed E-state index contributed by atoms with van der Waals surface area (Å²) in [5.41, 5.74) is 22.8. The average molecular weight is 634 g/mol. The van der Waals surface area contributed by atoms with Gasteiger partial charge in [0.2, 0.25) is 0 Å². The number of pyridine rings is 1. The van der Waals surface area contributed by atoms with Crippen molar-refractivity contribution in [3.63, 3.8) is 0 Å². The molecular formula is C46H39N3. The standard InChI is InChI=1S/C46H39N3/c1-8-25-16-10-11-22-31-34(25)36-33(23-47-31)48-32(9-2)35(26-17-12-15-24(26)3)37-39-44-40(38(36)43(37)48)46(6,7)30-21-14-19-28-27-18-13-20-29(45(39,4)5)41(27)49(44)42(28)30/h9,11,13-15,17-23,25H,2,8,10,16H2,1,3-7H3. The lowest BCUT2D eigenvalue weighted by molar-refractivity contribution is 0.602. The second kappa shape index (κ2) is 8.72. The molecule has 0 bridgehead atoms. The highest BCUT2D eigenvalue weighted by Gasteiger charge is 2.48. The van der Waals surface area contributed by atoms with Gasteiger partial charge in [0.05, 0.1) is 45.3 Å². The first-order valence-corrected chi connectivity index (χ1v) is 18.0. The highest BCUT2D eigenvalue weighted by atomic mass is 15.0. The number of hydrogen-bond donors (Lipinski definition) is 0. The Hall–Kier alpha value is -5.11. The van der Waals surface area contributed by atoms with Gasteiger partial charge in [0.25, 0.3) is 0 Å². The summed E-state index contributed by atoms with van der Waals surface area (Å²) in [6.07, 6.45) is 16.5. The molecule has 49 heavy (non-hydrogen) atoms. The highest BCUT2D eigenvalue weighted by molar-refractivity contribution is 6.26. The number of aromatic nitrogens is 3. The Morgan fingerprint density at radius 2 is 1.61 bits per heavy atom. The van der Waals surface area contributed by atoms with Crippen molar-refractivity contribution in [3.8, 4) is 5.69 Å². The number of fused-ring (bicyclic) bond motifs is 8. The molecule has 1 unspecified atom stereocenters. The molecule has 6 heterocycles. The van der Waals surface area contributed by atoms with Gasteiger partial charge in [-0.3, -0.25) is 4.98 Å². The number of para-hydroxylation sites is 2. The maximum absolute atomic E-state index is 5.25. The van der Waals surface area contributed by atoms with Crippen molar-refractivity contribution in [3.05, 3.63) is 123 Å². The predicted molar refractivity (Wildman–Crippen MR) is 207 cm³/mol. The first kappa shape index (κ1) is 27.8. The fourth-order valence-electron chi connectivity index (χ4n) is 10.8. The predicted octanol–water partition coefficient (Wildman–Crippen LogP) is 11.9. The third kappa shape index (κ3) is 2.91. The molecule has 1 atom stereocenters. The van der Waals surface area contributed by atoms with Crippen LogP contribution in [0.1, 0.15) is 111 Å². The molecule has 0 fully saturated rings. The number of rotatable bonds is 3. The summed E-state index contributed by atoms with van der Waals surface area (Å²) < 4.78 is 5.24. The molecule has 4 aromatic heterocycles. The Balaban J connectivity index is 1.53. The van der Waals surface area contributed by atoms with E-state index in [0.717, 1.165) is 30.7 Å². The molecule has 0 amide bonds. The van der Waals surface area contributed by atoms with Crippen LogP contribution in [0.2, 0.25) is 0 Å². The Morgan fingerprint density at radius 1 is 0.918 bits per heavy atom. The van der Waals surface area contributed by atoms with E-state index in [0.29, 0.717) is 5.92 Å². The molecule has 0 saturated heterocycles. The van der Waals surface area contributed by atoms with Gasteiger partial charge in [-0.2, -0.15) is 0 Å². The second-order valence-electron chi connectivity index (χ2n) is 15.9. The number of nitrogens with zero attached hydrogens (tertiary/aromatic N) is 3. The summed E-state index contributed by atoms with van der Waals surface area (Å²) in [4.78, 5) is 5.25. The minimum absolute atomic E-state index is 0.251. The van der Waals surface area contributed by atoms with Crippen LogP contribution in [-0.4, -0.2) is 14.0 Å². The van der Waals surface area contributed by atoms with Gasteiger partial charge < -0.3 is 8.97 Å². The molecule has 3 heteroatoms. The molecular weight excluding hydrogens is 595 g/mol. The Kier molecular flexibility index (Phi) is 4.95. The van der Waals surface area contributed by atoms with Gasteiger partial charge >= 0.3 is 0 Å². The van der Waals surface area contributed by atoms with Crippen LogP contribution in [0, 0.1) is 0 Å². The van der Waals surface area contributed by atoms with E-state index in [2.05, 4.69) is 136 Å². The third-order valence-electron chi connectivity index (χ3n) is 12.9. The lowest BCUT2D eigenvalue weighted by Gasteiger charge is -2.43.